The SMILES string of the molecule is c1cc2c(cn1)C(CN1CCCC1)CC2. The lowest BCUT2D eigenvalue weighted by Gasteiger charge is -2.20. The zero-order chi connectivity index (χ0) is 10.1. The van der Waals surface area contributed by atoms with Crippen molar-refractivity contribution in [2.45, 2.75) is 31.6 Å². The minimum absolute atomic E-state index is 0.756. The van der Waals surface area contributed by atoms with Gasteiger partial charge in [-0.15, -0.1) is 0 Å². The highest BCUT2D eigenvalue weighted by Gasteiger charge is 2.25. The fourth-order valence-electron chi connectivity index (χ4n) is 2.98. The molecule has 3 rings (SSSR count). The summed E-state index contributed by atoms with van der Waals surface area (Å²) in [6, 6.07) is 2.19. The molecule has 0 amide bonds. The third-order valence-electron chi connectivity index (χ3n) is 3.83. The van der Waals surface area contributed by atoms with E-state index < -0.39 is 0 Å². The number of nitrogens with zero attached hydrogens (tertiary/aromatic N) is 2. The molecule has 80 valence electrons. The van der Waals surface area contributed by atoms with E-state index in [4.69, 9.17) is 0 Å². The normalized spacial score (nSPS) is 25.7. The van der Waals surface area contributed by atoms with Crippen molar-refractivity contribution in [3.63, 3.8) is 0 Å². The maximum Gasteiger partial charge on any atom is 0.0305 e. The molecular formula is C13H18N2. The summed E-state index contributed by atoms with van der Waals surface area (Å²) in [5.41, 5.74) is 3.05. The van der Waals surface area contributed by atoms with Crippen molar-refractivity contribution in [1.82, 2.24) is 9.88 Å². The molecule has 2 nitrogen and oxygen atoms in total. The van der Waals surface area contributed by atoms with Crippen molar-refractivity contribution in [2.24, 2.45) is 0 Å². The fraction of sp³-hybridized carbons (Fsp3) is 0.615. The predicted molar refractivity (Wildman–Crippen MR) is 61.0 cm³/mol. The van der Waals surface area contributed by atoms with Crippen LogP contribution >= 0.6 is 0 Å². The van der Waals surface area contributed by atoms with Crippen molar-refractivity contribution in [2.75, 3.05) is 19.6 Å². The zero-order valence-corrected chi connectivity index (χ0v) is 9.15. The molecule has 1 aliphatic carbocycles. The number of likely N-dealkylation sites (tertiary alicyclic amines) is 1. The third kappa shape index (κ3) is 1.78. The van der Waals surface area contributed by atoms with Crippen molar-refractivity contribution < 1.29 is 0 Å². The molecule has 1 aromatic heterocycles. The minimum Gasteiger partial charge on any atom is -0.303 e. The molecule has 1 unspecified atom stereocenters. The Morgan fingerprint density at radius 1 is 1.33 bits per heavy atom. The molecule has 1 atom stereocenters. The van der Waals surface area contributed by atoms with Gasteiger partial charge < -0.3 is 4.90 Å². The van der Waals surface area contributed by atoms with E-state index in [0.29, 0.717) is 0 Å². The van der Waals surface area contributed by atoms with Crippen molar-refractivity contribution in [3.8, 4) is 0 Å². The van der Waals surface area contributed by atoms with E-state index in [2.05, 4.69) is 22.1 Å². The van der Waals surface area contributed by atoms with Crippen LogP contribution in [0.15, 0.2) is 18.5 Å². The van der Waals surface area contributed by atoms with Crippen LogP contribution in [0, 0.1) is 0 Å². The van der Waals surface area contributed by atoms with Gasteiger partial charge in [0.25, 0.3) is 0 Å². The first-order valence-corrected chi connectivity index (χ1v) is 6.08. The Labute approximate surface area is 91.3 Å². The highest BCUT2D eigenvalue weighted by Crippen LogP contribution is 2.33. The van der Waals surface area contributed by atoms with Gasteiger partial charge in [0.15, 0.2) is 0 Å². The number of hydrogen-bond acceptors (Lipinski definition) is 2. The summed E-state index contributed by atoms with van der Waals surface area (Å²) in [5, 5.41) is 0. The van der Waals surface area contributed by atoms with Gasteiger partial charge in [-0.25, -0.2) is 0 Å². The molecule has 0 spiro atoms. The van der Waals surface area contributed by atoms with Crippen LogP contribution in [0.3, 0.4) is 0 Å². The molecule has 0 bridgehead atoms. The molecule has 2 heterocycles. The topological polar surface area (TPSA) is 16.1 Å². The first-order chi connectivity index (χ1) is 7.43. The van der Waals surface area contributed by atoms with Gasteiger partial charge >= 0.3 is 0 Å². The smallest absolute Gasteiger partial charge is 0.0305 e. The number of aryl methyl sites for hydroxylation is 1. The van der Waals surface area contributed by atoms with Crippen LogP contribution < -0.4 is 0 Å². The second kappa shape index (κ2) is 3.93. The molecular weight excluding hydrogens is 184 g/mol. The van der Waals surface area contributed by atoms with E-state index in [1.165, 1.54) is 56.4 Å². The summed E-state index contributed by atoms with van der Waals surface area (Å²) in [6.45, 7) is 3.89. The number of hydrogen-bond donors (Lipinski definition) is 0. The Kier molecular flexibility index (Phi) is 2.45. The first kappa shape index (κ1) is 9.34. The van der Waals surface area contributed by atoms with Gasteiger partial charge in [0.2, 0.25) is 0 Å². The van der Waals surface area contributed by atoms with Gasteiger partial charge in [-0.2, -0.15) is 0 Å². The Morgan fingerprint density at radius 3 is 3.07 bits per heavy atom. The molecule has 0 N–H and O–H groups in total. The van der Waals surface area contributed by atoms with Crippen LogP contribution in [0.5, 0.6) is 0 Å². The van der Waals surface area contributed by atoms with Crippen LogP contribution in [-0.4, -0.2) is 29.5 Å². The third-order valence-corrected chi connectivity index (χ3v) is 3.83. The van der Waals surface area contributed by atoms with Gasteiger partial charge in [0, 0.05) is 18.9 Å². The molecule has 1 fully saturated rings. The van der Waals surface area contributed by atoms with Crippen LogP contribution in [-0.2, 0) is 6.42 Å². The van der Waals surface area contributed by atoms with Crippen molar-refractivity contribution in [3.05, 3.63) is 29.6 Å². The molecule has 2 aliphatic rings. The van der Waals surface area contributed by atoms with Gasteiger partial charge in [0.1, 0.15) is 0 Å². The van der Waals surface area contributed by atoms with E-state index in [1.54, 1.807) is 0 Å². The Balaban J connectivity index is 1.73. The average molecular weight is 202 g/mol. The summed E-state index contributed by atoms with van der Waals surface area (Å²) < 4.78 is 0. The van der Waals surface area contributed by atoms with E-state index in [9.17, 15) is 0 Å². The van der Waals surface area contributed by atoms with E-state index in [-0.39, 0.29) is 0 Å². The average Bonchev–Trinajstić information content (AvgIpc) is 2.89. The van der Waals surface area contributed by atoms with Crippen LogP contribution in [0.25, 0.3) is 0 Å². The lowest BCUT2D eigenvalue weighted by molar-refractivity contribution is 0.313. The summed E-state index contributed by atoms with van der Waals surface area (Å²) in [6.07, 6.45) is 9.40. The first-order valence-electron chi connectivity index (χ1n) is 6.08. The minimum atomic E-state index is 0.756. The van der Waals surface area contributed by atoms with Gasteiger partial charge in [0.05, 0.1) is 0 Å². The maximum absolute atomic E-state index is 4.26. The number of pyridine rings is 1. The molecule has 0 radical (unpaired) electrons. The van der Waals surface area contributed by atoms with Gasteiger partial charge in [-0.3, -0.25) is 4.98 Å². The molecule has 1 aromatic rings. The zero-order valence-electron chi connectivity index (χ0n) is 9.15. The van der Waals surface area contributed by atoms with Gasteiger partial charge in [-0.05, 0) is 61.9 Å². The number of fused-ring (bicyclic) bond motifs is 1. The van der Waals surface area contributed by atoms with Gasteiger partial charge in [-0.1, -0.05) is 0 Å². The fourth-order valence-corrected chi connectivity index (χ4v) is 2.98. The van der Waals surface area contributed by atoms with Crippen LogP contribution in [0.2, 0.25) is 0 Å². The van der Waals surface area contributed by atoms with E-state index in [1.807, 2.05) is 6.20 Å². The second-order valence-electron chi connectivity index (χ2n) is 4.82. The highest BCUT2D eigenvalue weighted by atomic mass is 15.1. The molecule has 1 aliphatic heterocycles. The number of aromatic nitrogens is 1. The summed E-state index contributed by atoms with van der Waals surface area (Å²) >= 11 is 0. The summed E-state index contributed by atoms with van der Waals surface area (Å²) in [5.74, 6) is 0.756. The second-order valence-corrected chi connectivity index (χ2v) is 4.82. The van der Waals surface area contributed by atoms with E-state index >= 15 is 0 Å². The molecule has 1 saturated heterocycles. The standard InChI is InChI=1S/C13H18N2/c1-2-8-15(7-1)10-12-4-3-11-5-6-14-9-13(11)12/h5-6,9,12H,1-4,7-8,10H2. The van der Waals surface area contributed by atoms with Crippen LogP contribution in [0.1, 0.15) is 36.3 Å². The Hall–Kier alpha value is -0.890. The molecule has 0 aromatic carbocycles. The Bertz CT molecular complexity index is 342. The van der Waals surface area contributed by atoms with Crippen LogP contribution in [0.4, 0.5) is 0 Å². The highest BCUT2D eigenvalue weighted by molar-refractivity contribution is 5.32. The summed E-state index contributed by atoms with van der Waals surface area (Å²) in [4.78, 5) is 6.88. The monoisotopic (exact) mass is 202 g/mol. The van der Waals surface area contributed by atoms with Crippen molar-refractivity contribution >= 4 is 0 Å². The lowest BCUT2D eigenvalue weighted by atomic mass is 10.0. The molecule has 0 saturated carbocycles. The molecule has 15 heavy (non-hydrogen) atoms. The summed E-state index contributed by atoms with van der Waals surface area (Å²) in [7, 11) is 0. The quantitative estimate of drug-likeness (QED) is 0.731. The molecule has 2 heteroatoms. The predicted octanol–water partition coefficient (Wildman–Crippen LogP) is 2.21. The van der Waals surface area contributed by atoms with E-state index in [0.717, 1.165) is 5.92 Å². The van der Waals surface area contributed by atoms with Crippen molar-refractivity contribution in [1.29, 1.82) is 0 Å². The largest absolute Gasteiger partial charge is 0.303 e. The maximum atomic E-state index is 4.26. The lowest BCUT2D eigenvalue weighted by Crippen LogP contribution is -2.24. The Morgan fingerprint density at radius 2 is 2.20 bits per heavy atom. The number of rotatable bonds is 2.